The molecule has 0 bridgehead atoms. The summed E-state index contributed by atoms with van der Waals surface area (Å²) in [5.74, 6) is 1.64. The summed E-state index contributed by atoms with van der Waals surface area (Å²) in [6, 6.07) is 12.3. The lowest BCUT2D eigenvalue weighted by Gasteiger charge is -2.31. The number of nitrogens with one attached hydrogen (secondary N) is 1. The molecule has 1 fully saturated rings. The van der Waals surface area contributed by atoms with Crippen molar-refractivity contribution in [2.45, 2.75) is 19.4 Å². The molecule has 1 aromatic heterocycles. The molecule has 1 N–H and O–H groups in total. The zero-order chi connectivity index (χ0) is 17.6. The molecular formula is C20H27N3O2. The molecule has 2 aromatic rings. The highest BCUT2D eigenvalue weighted by Crippen LogP contribution is 2.36. The zero-order valence-electron chi connectivity index (χ0n) is 15.3. The smallest absolute Gasteiger partial charge is 0.127 e. The van der Waals surface area contributed by atoms with Crippen LogP contribution in [0.5, 0.6) is 11.5 Å². The summed E-state index contributed by atoms with van der Waals surface area (Å²) in [5.41, 5.74) is 3.22. The average molecular weight is 341 g/mol. The number of rotatable bonds is 5. The molecule has 1 atom stereocenters. The molecule has 0 spiro atoms. The Labute approximate surface area is 150 Å². The summed E-state index contributed by atoms with van der Waals surface area (Å²) in [5, 5.41) is 3.48. The van der Waals surface area contributed by atoms with Crippen LogP contribution < -0.4 is 14.8 Å². The molecule has 2 heterocycles. The Morgan fingerprint density at radius 3 is 2.72 bits per heavy atom. The number of hydrogen-bond donors (Lipinski definition) is 1. The maximum atomic E-state index is 5.69. The number of methoxy groups -OCH3 is 2. The molecule has 1 aliphatic rings. The molecule has 0 radical (unpaired) electrons. The van der Waals surface area contributed by atoms with Crippen molar-refractivity contribution in [2.75, 3.05) is 40.4 Å². The van der Waals surface area contributed by atoms with Gasteiger partial charge in [0, 0.05) is 37.0 Å². The van der Waals surface area contributed by atoms with Crippen LogP contribution in [0.4, 0.5) is 0 Å². The number of aromatic nitrogens is 1. The van der Waals surface area contributed by atoms with Crippen molar-refractivity contribution in [3.63, 3.8) is 0 Å². The Kier molecular flexibility index (Phi) is 5.89. The fourth-order valence-electron chi connectivity index (χ4n) is 3.43. The lowest BCUT2D eigenvalue weighted by molar-refractivity contribution is 0.232. The van der Waals surface area contributed by atoms with Crippen LogP contribution in [0.15, 0.2) is 36.4 Å². The molecule has 3 rings (SSSR count). The van der Waals surface area contributed by atoms with Gasteiger partial charge < -0.3 is 14.8 Å². The van der Waals surface area contributed by atoms with E-state index in [0.717, 1.165) is 61.1 Å². The van der Waals surface area contributed by atoms with Gasteiger partial charge >= 0.3 is 0 Å². The van der Waals surface area contributed by atoms with E-state index in [1.54, 1.807) is 14.2 Å². The van der Waals surface area contributed by atoms with Crippen LogP contribution >= 0.6 is 0 Å². The molecule has 25 heavy (non-hydrogen) atoms. The van der Waals surface area contributed by atoms with Gasteiger partial charge in [0.1, 0.15) is 11.5 Å². The second kappa shape index (κ2) is 8.32. The summed E-state index contributed by atoms with van der Waals surface area (Å²) < 4.78 is 11.1. The van der Waals surface area contributed by atoms with E-state index in [-0.39, 0.29) is 6.04 Å². The Morgan fingerprint density at radius 1 is 1.08 bits per heavy atom. The highest BCUT2D eigenvalue weighted by Gasteiger charge is 2.27. The third-order valence-electron chi connectivity index (χ3n) is 4.67. The normalized spacial score (nSPS) is 16.9. The van der Waals surface area contributed by atoms with Crippen LogP contribution in [0.2, 0.25) is 0 Å². The van der Waals surface area contributed by atoms with Gasteiger partial charge in [0.05, 0.1) is 26.0 Å². The van der Waals surface area contributed by atoms with Gasteiger partial charge in [-0.3, -0.25) is 9.88 Å². The topological polar surface area (TPSA) is 46.6 Å². The van der Waals surface area contributed by atoms with Gasteiger partial charge in [-0.25, -0.2) is 0 Å². The monoisotopic (exact) mass is 341 g/mol. The lowest BCUT2D eigenvalue weighted by atomic mass is 9.99. The van der Waals surface area contributed by atoms with E-state index in [9.17, 15) is 0 Å². The third-order valence-corrected chi connectivity index (χ3v) is 4.67. The van der Waals surface area contributed by atoms with E-state index in [2.05, 4.69) is 28.4 Å². The summed E-state index contributed by atoms with van der Waals surface area (Å²) >= 11 is 0. The molecular weight excluding hydrogens is 314 g/mol. The summed E-state index contributed by atoms with van der Waals surface area (Å²) in [6.07, 6.45) is 1.13. The number of hydrogen-bond acceptors (Lipinski definition) is 5. The first-order chi connectivity index (χ1) is 12.2. The van der Waals surface area contributed by atoms with Crippen molar-refractivity contribution in [1.82, 2.24) is 15.2 Å². The van der Waals surface area contributed by atoms with Crippen LogP contribution in [0.3, 0.4) is 0 Å². The van der Waals surface area contributed by atoms with Crippen LogP contribution in [0.1, 0.15) is 29.4 Å². The van der Waals surface area contributed by atoms with E-state index in [0.29, 0.717) is 0 Å². The number of pyridine rings is 1. The van der Waals surface area contributed by atoms with Gasteiger partial charge in [-0.1, -0.05) is 6.07 Å². The van der Waals surface area contributed by atoms with Crippen LogP contribution in [-0.2, 0) is 0 Å². The van der Waals surface area contributed by atoms with Crippen molar-refractivity contribution in [2.24, 2.45) is 0 Å². The molecule has 1 aliphatic heterocycles. The second-order valence-electron chi connectivity index (χ2n) is 6.35. The van der Waals surface area contributed by atoms with Crippen molar-refractivity contribution >= 4 is 0 Å². The maximum Gasteiger partial charge on any atom is 0.127 e. The molecule has 134 valence electrons. The largest absolute Gasteiger partial charge is 0.497 e. The van der Waals surface area contributed by atoms with E-state index in [1.165, 1.54) is 0 Å². The van der Waals surface area contributed by atoms with Crippen LogP contribution in [0, 0.1) is 6.92 Å². The van der Waals surface area contributed by atoms with Crippen molar-refractivity contribution < 1.29 is 9.47 Å². The number of benzene rings is 1. The molecule has 0 saturated carbocycles. The first kappa shape index (κ1) is 17.7. The summed E-state index contributed by atoms with van der Waals surface area (Å²) in [7, 11) is 3.39. The molecule has 1 unspecified atom stereocenters. The Balaban J connectivity index is 2.07. The third kappa shape index (κ3) is 4.11. The number of ether oxygens (including phenoxy) is 2. The van der Waals surface area contributed by atoms with Gasteiger partial charge in [0.2, 0.25) is 0 Å². The first-order valence-corrected chi connectivity index (χ1v) is 8.83. The Bertz CT molecular complexity index is 697. The minimum absolute atomic E-state index is 0.0701. The average Bonchev–Trinajstić information content (AvgIpc) is 2.91. The highest BCUT2D eigenvalue weighted by atomic mass is 16.5. The van der Waals surface area contributed by atoms with Gasteiger partial charge in [-0.2, -0.15) is 0 Å². The van der Waals surface area contributed by atoms with Crippen molar-refractivity contribution in [1.29, 1.82) is 0 Å². The predicted octanol–water partition coefficient (Wildman–Crippen LogP) is 2.79. The van der Waals surface area contributed by atoms with Gasteiger partial charge in [-0.05, 0) is 44.2 Å². The summed E-state index contributed by atoms with van der Waals surface area (Å²) in [6.45, 7) is 6.10. The van der Waals surface area contributed by atoms with Crippen LogP contribution in [0.25, 0.3) is 0 Å². The molecule has 5 heteroatoms. The summed E-state index contributed by atoms with van der Waals surface area (Å²) in [4.78, 5) is 7.32. The molecule has 0 aliphatic carbocycles. The quantitative estimate of drug-likeness (QED) is 0.906. The van der Waals surface area contributed by atoms with Crippen molar-refractivity contribution in [3.05, 3.63) is 53.3 Å². The predicted molar refractivity (Wildman–Crippen MR) is 99.4 cm³/mol. The fraction of sp³-hybridized carbons (Fsp3) is 0.450. The molecule has 0 amide bonds. The zero-order valence-corrected chi connectivity index (χ0v) is 15.3. The number of aryl methyl sites for hydroxylation is 1. The van der Waals surface area contributed by atoms with E-state index in [1.807, 2.05) is 25.1 Å². The molecule has 5 nitrogen and oxygen atoms in total. The molecule has 1 saturated heterocycles. The second-order valence-corrected chi connectivity index (χ2v) is 6.35. The van der Waals surface area contributed by atoms with E-state index in [4.69, 9.17) is 14.5 Å². The maximum absolute atomic E-state index is 5.69. The van der Waals surface area contributed by atoms with Crippen LogP contribution in [-0.4, -0.2) is 50.3 Å². The van der Waals surface area contributed by atoms with E-state index < -0.39 is 0 Å². The minimum atomic E-state index is 0.0701. The van der Waals surface area contributed by atoms with Gasteiger partial charge in [-0.15, -0.1) is 0 Å². The van der Waals surface area contributed by atoms with Crippen molar-refractivity contribution in [3.8, 4) is 11.5 Å². The fourth-order valence-corrected chi connectivity index (χ4v) is 3.43. The standard InChI is InChI=1S/C20H27N3O2/c1-15-6-4-7-18(22-15)20(23-12-5-10-21-11-13-23)17-9-8-16(24-2)14-19(17)25-3/h4,6-9,14,20-21H,5,10-13H2,1-3H3. The van der Waals surface area contributed by atoms with Gasteiger partial charge in [0.25, 0.3) is 0 Å². The van der Waals surface area contributed by atoms with Gasteiger partial charge in [0.15, 0.2) is 0 Å². The lowest BCUT2D eigenvalue weighted by Crippen LogP contribution is -2.33. The number of nitrogens with zero attached hydrogens (tertiary/aromatic N) is 2. The first-order valence-electron chi connectivity index (χ1n) is 8.83. The highest BCUT2D eigenvalue weighted by molar-refractivity contribution is 5.45. The Morgan fingerprint density at radius 2 is 1.96 bits per heavy atom. The van der Waals surface area contributed by atoms with E-state index >= 15 is 0 Å². The molecule has 1 aromatic carbocycles. The minimum Gasteiger partial charge on any atom is -0.497 e. The Hall–Kier alpha value is -2.11. The SMILES string of the molecule is COc1ccc(C(c2cccc(C)n2)N2CCCNCC2)c(OC)c1.